The maximum atomic E-state index is 11.4. The second kappa shape index (κ2) is 4.19. The topological polar surface area (TPSA) is 54.0 Å². The maximum Gasteiger partial charge on any atom is 0.224 e. The summed E-state index contributed by atoms with van der Waals surface area (Å²) in [6.07, 6.45) is 3.85. The van der Waals surface area contributed by atoms with Gasteiger partial charge in [-0.15, -0.1) is 0 Å². The summed E-state index contributed by atoms with van der Waals surface area (Å²) < 4.78 is 0. The van der Waals surface area contributed by atoms with Gasteiger partial charge in [0, 0.05) is 25.5 Å². The molecule has 2 heterocycles. The van der Waals surface area contributed by atoms with E-state index in [1.54, 1.807) is 12.4 Å². The van der Waals surface area contributed by atoms with E-state index in [0.717, 1.165) is 18.7 Å². The highest BCUT2D eigenvalue weighted by Gasteiger charge is 2.18. The summed E-state index contributed by atoms with van der Waals surface area (Å²) >= 11 is 0. The molecule has 1 aliphatic heterocycles. The Kier molecular flexibility index (Phi) is 2.74. The molecule has 2 N–H and O–H groups in total. The van der Waals surface area contributed by atoms with Crippen molar-refractivity contribution in [3.05, 3.63) is 30.1 Å². The second-order valence-corrected chi connectivity index (χ2v) is 3.46. The fourth-order valence-corrected chi connectivity index (χ4v) is 1.36. The predicted molar refractivity (Wildman–Crippen MR) is 52.7 cm³/mol. The highest BCUT2D eigenvalue weighted by molar-refractivity contribution is 5.78. The summed E-state index contributed by atoms with van der Waals surface area (Å²) in [5.74, 6) is 0.0736. The maximum absolute atomic E-state index is 11.4. The zero-order chi connectivity index (χ0) is 9.80. The normalized spacial score (nSPS) is 16.0. The molecule has 1 amide bonds. The third-order valence-electron chi connectivity index (χ3n) is 2.23. The van der Waals surface area contributed by atoms with E-state index < -0.39 is 0 Å². The average Bonchev–Trinajstić information content (AvgIpc) is 2.13. The Morgan fingerprint density at radius 3 is 3.07 bits per heavy atom. The summed E-state index contributed by atoms with van der Waals surface area (Å²) in [6.45, 7) is 1.78. The Morgan fingerprint density at radius 1 is 1.64 bits per heavy atom. The van der Waals surface area contributed by atoms with Gasteiger partial charge in [-0.05, 0) is 11.6 Å². The molecule has 0 bridgehead atoms. The molecule has 14 heavy (non-hydrogen) atoms. The van der Waals surface area contributed by atoms with E-state index in [-0.39, 0.29) is 5.91 Å². The molecule has 0 radical (unpaired) electrons. The average molecular weight is 191 g/mol. The van der Waals surface area contributed by atoms with Gasteiger partial charge < -0.3 is 10.6 Å². The van der Waals surface area contributed by atoms with Crippen molar-refractivity contribution in [2.75, 3.05) is 13.1 Å². The van der Waals surface area contributed by atoms with Gasteiger partial charge in [-0.1, -0.05) is 6.07 Å². The first-order valence-corrected chi connectivity index (χ1v) is 4.73. The second-order valence-electron chi connectivity index (χ2n) is 3.46. The number of hydrogen-bond acceptors (Lipinski definition) is 3. The molecule has 0 saturated carbocycles. The minimum Gasteiger partial charge on any atom is -0.351 e. The van der Waals surface area contributed by atoms with Crippen LogP contribution in [0.2, 0.25) is 0 Å². The first-order chi connectivity index (χ1) is 6.84. The van der Waals surface area contributed by atoms with Gasteiger partial charge >= 0.3 is 0 Å². The number of carbonyl (C=O) groups excluding carboxylic acids is 1. The van der Waals surface area contributed by atoms with Crippen LogP contribution >= 0.6 is 0 Å². The van der Waals surface area contributed by atoms with Gasteiger partial charge in [0.2, 0.25) is 5.91 Å². The van der Waals surface area contributed by atoms with Gasteiger partial charge in [0.25, 0.3) is 0 Å². The number of nitrogens with one attached hydrogen (secondary N) is 2. The van der Waals surface area contributed by atoms with Crippen molar-refractivity contribution >= 4 is 5.91 Å². The van der Waals surface area contributed by atoms with Crippen molar-refractivity contribution in [1.82, 2.24) is 15.6 Å². The third kappa shape index (κ3) is 2.29. The van der Waals surface area contributed by atoms with Gasteiger partial charge in [-0.25, -0.2) is 0 Å². The van der Waals surface area contributed by atoms with Gasteiger partial charge in [-0.2, -0.15) is 0 Å². The van der Waals surface area contributed by atoms with Crippen molar-refractivity contribution in [2.24, 2.45) is 0 Å². The van der Waals surface area contributed by atoms with Crippen molar-refractivity contribution in [2.45, 2.75) is 12.5 Å². The SMILES string of the molecule is O=C(Cc1cccnc1)NC1CNC1. The molecule has 1 saturated heterocycles. The van der Waals surface area contributed by atoms with Crippen molar-refractivity contribution in [3.8, 4) is 0 Å². The van der Waals surface area contributed by atoms with Crippen LogP contribution in [0.4, 0.5) is 0 Å². The van der Waals surface area contributed by atoms with Crippen LogP contribution in [0.1, 0.15) is 5.56 Å². The Hall–Kier alpha value is -1.42. The standard InChI is InChI=1S/C10H13N3O/c14-10(13-9-6-12-7-9)4-8-2-1-3-11-5-8/h1-3,5,9,12H,4,6-7H2,(H,13,14). The number of aromatic nitrogens is 1. The molecule has 1 aromatic rings. The zero-order valence-corrected chi connectivity index (χ0v) is 7.86. The molecule has 1 aromatic heterocycles. The van der Waals surface area contributed by atoms with Gasteiger partial charge in [0.05, 0.1) is 12.5 Å². The molecule has 1 fully saturated rings. The molecule has 0 aliphatic carbocycles. The molecular weight excluding hydrogens is 178 g/mol. The van der Waals surface area contributed by atoms with Crippen LogP contribution in [0.25, 0.3) is 0 Å². The molecule has 2 rings (SSSR count). The highest BCUT2D eigenvalue weighted by Crippen LogP contribution is 1.98. The van der Waals surface area contributed by atoms with Crippen LogP contribution in [0, 0.1) is 0 Å². The Bertz CT molecular complexity index is 308. The Balaban J connectivity index is 1.82. The molecule has 4 heteroatoms. The van der Waals surface area contributed by atoms with E-state index in [0.29, 0.717) is 12.5 Å². The van der Waals surface area contributed by atoms with Crippen LogP contribution < -0.4 is 10.6 Å². The minimum absolute atomic E-state index is 0.0736. The van der Waals surface area contributed by atoms with Crippen LogP contribution in [-0.2, 0) is 11.2 Å². The number of amides is 1. The lowest BCUT2D eigenvalue weighted by atomic mass is 10.1. The molecule has 0 unspecified atom stereocenters. The van der Waals surface area contributed by atoms with Gasteiger partial charge in [0.15, 0.2) is 0 Å². The zero-order valence-electron chi connectivity index (χ0n) is 7.86. The summed E-state index contributed by atoms with van der Waals surface area (Å²) in [5.41, 5.74) is 0.956. The Labute approximate surface area is 82.7 Å². The number of nitrogens with zero attached hydrogens (tertiary/aromatic N) is 1. The van der Waals surface area contributed by atoms with Gasteiger partial charge in [0.1, 0.15) is 0 Å². The molecular formula is C10H13N3O. The lowest BCUT2D eigenvalue weighted by Gasteiger charge is -2.27. The van der Waals surface area contributed by atoms with Crippen molar-refractivity contribution in [3.63, 3.8) is 0 Å². The number of hydrogen-bond donors (Lipinski definition) is 2. The number of rotatable bonds is 3. The minimum atomic E-state index is 0.0736. The van der Waals surface area contributed by atoms with E-state index in [1.165, 1.54) is 0 Å². The van der Waals surface area contributed by atoms with Crippen LogP contribution in [-0.4, -0.2) is 30.0 Å². The van der Waals surface area contributed by atoms with Crippen molar-refractivity contribution in [1.29, 1.82) is 0 Å². The third-order valence-corrected chi connectivity index (χ3v) is 2.23. The van der Waals surface area contributed by atoms with Crippen LogP contribution in [0.3, 0.4) is 0 Å². The van der Waals surface area contributed by atoms with E-state index >= 15 is 0 Å². The smallest absolute Gasteiger partial charge is 0.224 e. The molecule has 1 aliphatic rings. The number of pyridine rings is 1. The summed E-state index contributed by atoms with van der Waals surface area (Å²) in [7, 11) is 0. The summed E-state index contributed by atoms with van der Waals surface area (Å²) in [6, 6.07) is 4.07. The molecule has 74 valence electrons. The largest absolute Gasteiger partial charge is 0.351 e. The lowest BCUT2D eigenvalue weighted by molar-refractivity contribution is -0.121. The Morgan fingerprint density at radius 2 is 2.50 bits per heavy atom. The summed E-state index contributed by atoms with van der Waals surface area (Å²) in [4.78, 5) is 15.4. The first kappa shape index (κ1) is 9.15. The highest BCUT2D eigenvalue weighted by atomic mass is 16.1. The summed E-state index contributed by atoms with van der Waals surface area (Å²) in [5, 5.41) is 6.04. The fraction of sp³-hybridized carbons (Fsp3) is 0.400. The monoisotopic (exact) mass is 191 g/mol. The van der Waals surface area contributed by atoms with Crippen LogP contribution in [0.5, 0.6) is 0 Å². The van der Waals surface area contributed by atoms with E-state index in [2.05, 4.69) is 15.6 Å². The van der Waals surface area contributed by atoms with E-state index in [4.69, 9.17) is 0 Å². The quantitative estimate of drug-likeness (QED) is 0.690. The molecule has 4 nitrogen and oxygen atoms in total. The van der Waals surface area contributed by atoms with Gasteiger partial charge in [-0.3, -0.25) is 9.78 Å². The molecule has 0 atom stereocenters. The van der Waals surface area contributed by atoms with E-state index in [9.17, 15) is 4.79 Å². The van der Waals surface area contributed by atoms with Crippen LogP contribution in [0.15, 0.2) is 24.5 Å². The number of carbonyl (C=O) groups is 1. The fourth-order valence-electron chi connectivity index (χ4n) is 1.36. The van der Waals surface area contributed by atoms with Crippen molar-refractivity contribution < 1.29 is 4.79 Å². The van der Waals surface area contributed by atoms with E-state index in [1.807, 2.05) is 12.1 Å². The molecule has 0 aromatic carbocycles. The molecule has 0 spiro atoms. The predicted octanol–water partition coefficient (Wildman–Crippen LogP) is -0.288. The first-order valence-electron chi connectivity index (χ1n) is 4.73. The lowest BCUT2D eigenvalue weighted by Crippen LogP contribution is -2.57.